The van der Waals surface area contributed by atoms with Crippen molar-refractivity contribution in [2.24, 2.45) is 0 Å². The van der Waals surface area contributed by atoms with E-state index in [0.717, 1.165) is 24.2 Å². The summed E-state index contributed by atoms with van der Waals surface area (Å²) in [6.45, 7) is 2.21. The van der Waals surface area contributed by atoms with Crippen molar-refractivity contribution in [1.29, 1.82) is 0 Å². The van der Waals surface area contributed by atoms with Gasteiger partial charge in [0, 0.05) is 23.1 Å². The first-order chi connectivity index (χ1) is 13.0. The molecule has 2 unspecified atom stereocenters. The van der Waals surface area contributed by atoms with Crippen LogP contribution < -0.4 is 10.1 Å². The molecule has 4 rings (SSSR count). The molecule has 1 aromatic carbocycles. The smallest absolute Gasteiger partial charge is 0.287 e. The van der Waals surface area contributed by atoms with Gasteiger partial charge in [-0.25, -0.2) is 0 Å². The van der Waals surface area contributed by atoms with E-state index in [-0.39, 0.29) is 18.6 Å². The summed E-state index contributed by atoms with van der Waals surface area (Å²) in [5, 5.41) is 3.82. The summed E-state index contributed by atoms with van der Waals surface area (Å²) in [4.78, 5) is 15.0. The van der Waals surface area contributed by atoms with Crippen LogP contribution in [0.5, 0.6) is 5.75 Å². The lowest BCUT2D eigenvalue weighted by atomic mass is 9.98. The Morgan fingerprint density at radius 3 is 2.70 bits per heavy atom. The molecule has 0 spiro atoms. The third kappa shape index (κ3) is 3.99. The minimum Gasteiger partial charge on any atom is -0.485 e. The van der Waals surface area contributed by atoms with Gasteiger partial charge in [0.2, 0.25) is 0 Å². The van der Waals surface area contributed by atoms with E-state index < -0.39 is 0 Å². The Labute approximate surface area is 164 Å². The van der Waals surface area contributed by atoms with E-state index in [9.17, 15) is 4.79 Å². The minimum absolute atomic E-state index is 0.141. The number of rotatable bonds is 5. The third-order valence-electron chi connectivity index (χ3n) is 5.83. The fourth-order valence-corrected chi connectivity index (χ4v) is 4.51. The summed E-state index contributed by atoms with van der Waals surface area (Å²) in [6.07, 6.45) is 4.51. The van der Waals surface area contributed by atoms with Gasteiger partial charge >= 0.3 is 0 Å². The largest absolute Gasteiger partial charge is 0.485 e. The van der Waals surface area contributed by atoms with Gasteiger partial charge in [-0.2, -0.15) is 0 Å². The van der Waals surface area contributed by atoms with Gasteiger partial charge in [-0.15, -0.1) is 0 Å². The van der Waals surface area contributed by atoms with Crippen molar-refractivity contribution >= 4 is 17.5 Å². The standard InChI is InChI=1S/C21H25ClN2O3/c1-13-9-14(22)3-7-19(13)26-12-18-6-8-20(27-18)21(25)23-15-10-16-4-5-17(11-15)24(16)2/h3,6-9,15-17H,4-5,10-12H2,1-2H3,(H,23,25). The van der Waals surface area contributed by atoms with Gasteiger partial charge in [-0.05, 0) is 75.5 Å². The molecule has 2 aliphatic heterocycles. The van der Waals surface area contributed by atoms with E-state index in [1.54, 1.807) is 18.2 Å². The second-order valence-electron chi connectivity index (χ2n) is 7.66. The predicted octanol–water partition coefficient (Wildman–Crippen LogP) is 4.18. The second kappa shape index (κ2) is 7.56. The maximum absolute atomic E-state index is 12.5. The van der Waals surface area contributed by atoms with Crippen LogP contribution in [0.2, 0.25) is 5.02 Å². The summed E-state index contributed by atoms with van der Waals surface area (Å²) < 4.78 is 11.5. The second-order valence-corrected chi connectivity index (χ2v) is 8.09. The van der Waals surface area contributed by atoms with E-state index in [0.29, 0.717) is 28.6 Å². The highest BCUT2D eigenvalue weighted by molar-refractivity contribution is 6.30. The van der Waals surface area contributed by atoms with Crippen LogP contribution in [-0.4, -0.2) is 36.0 Å². The summed E-state index contributed by atoms with van der Waals surface area (Å²) in [5.41, 5.74) is 0.962. The molecule has 2 saturated heterocycles. The number of furan rings is 1. The van der Waals surface area contributed by atoms with Gasteiger partial charge in [-0.1, -0.05) is 11.6 Å². The number of carbonyl (C=O) groups is 1. The fourth-order valence-electron chi connectivity index (χ4n) is 4.29. The Balaban J connectivity index is 1.33. The van der Waals surface area contributed by atoms with Gasteiger partial charge in [0.05, 0.1) is 0 Å². The van der Waals surface area contributed by atoms with Crippen molar-refractivity contribution in [3.05, 3.63) is 52.4 Å². The van der Waals surface area contributed by atoms with E-state index in [4.69, 9.17) is 20.8 Å². The molecular formula is C21H25ClN2O3. The number of aryl methyl sites for hydroxylation is 1. The van der Waals surface area contributed by atoms with Gasteiger partial charge < -0.3 is 19.4 Å². The number of ether oxygens (including phenoxy) is 1. The molecule has 27 heavy (non-hydrogen) atoms. The van der Waals surface area contributed by atoms with Crippen molar-refractivity contribution in [2.45, 2.75) is 57.3 Å². The van der Waals surface area contributed by atoms with Crippen molar-refractivity contribution in [1.82, 2.24) is 10.2 Å². The summed E-state index contributed by atoms with van der Waals surface area (Å²) in [6, 6.07) is 10.4. The highest BCUT2D eigenvalue weighted by Crippen LogP contribution is 2.34. The van der Waals surface area contributed by atoms with E-state index in [1.165, 1.54) is 12.8 Å². The average molecular weight is 389 g/mol. The number of fused-ring (bicyclic) bond motifs is 2. The quantitative estimate of drug-likeness (QED) is 0.835. The van der Waals surface area contributed by atoms with Crippen molar-refractivity contribution in [2.75, 3.05) is 7.05 Å². The molecular weight excluding hydrogens is 364 g/mol. The van der Waals surface area contributed by atoms with E-state index in [1.807, 2.05) is 19.1 Å². The molecule has 1 aromatic heterocycles. The zero-order valence-electron chi connectivity index (χ0n) is 15.7. The van der Waals surface area contributed by atoms with Crippen LogP contribution in [0.1, 0.15) is 47.6 Å². The molecule has 6 heteroatoms. The monoisotopic (exact) mass is 388 g/mol. The summed E-state index contributed by atoms with van der Waals surface area (Å²) in [5.74, 6) is 1.58. The number of amides is 1. The highest BCUT2D eigenvalue weighted by Gasteiger charge is 2.39. The maximum Gasteiger partial charge on any atom is 0.287 e. The first-order valence-corrected chi connectivity index (χ1v) is 9.88. The molecule has 3 heterocycles. The lowest BCUT2D eigenvalue weighted by Crippen LogP contribution is -2.48. The van der Waals surface area contributed by atoms with Gasteiger partial charge in [0.25, 0.3) is 5.91 Å². The van der Waals surface area contributed by atoms with Crippen LogP contribution in [0.15, 0.2) is 34.7 Å². The first kappa shape index (κ1) is 18.4. The predicted molar refractivity (Wildman–Crippen MR) is 104 cm³/mol. The molecule has 144 valence electrons. The molecule has 0 radical (unpaired) electrons. The van der Waals surface area contributed by atoms with Crippen LogP contribution >= 0.6 is 11.6 Å². The number of hydrogen-bond donors (Lipinski definition) is 1. The number of nitrogens with zero attached hydrogens (tertiary/aromatic N) is 1. The van der Waals surface area contributed by atoms with Crippen molar-refractivity contribution in [3.8, 4) is 5.75 Å². The number of piperidine rings is 1. The van der Waals surface area contributed by atoms with Crippen LogP contribution in [-0.2, 0) is 6.61 Å². The topological polar surface area (TPSA) is 54.7 Å². The number of nitrogens with one attached hydrogen (secondary N) is 1. The number of benzene rings is 1. The van der Waals surface area contributed by atoms with Crippen LogP contribution in [0.3, 0.4) is 0 Å². The molecule has 2 aromatic rings. The molecule has 5 nitrogen and oxygen atoms in total. The Morgan fingerprint density at radius 2 is 2.00 bits per heavy atom. The number of halogens is 1. The molecule has 1 N–H and O–H groups in total. The molecule has 0 aliphatic carbocycles. The van der Waals surface area contributed by atoms with E-state index >= 15 is 0 Å². The molecule has 2 bridgehead atoms. The fraction of sp³-hybridized carbons (Fsp3) is 0.476. The molecule has 2 fully saturated rings. The SMILES string of the molecule is Cc1cc(Cl)ccc1OCc1ccc(C(=O)NC2CC3CCC(C2)N3C)o1. The van der Waals surface area contributed by atoms with Crippen LogP contribution in [0.4, 0.5) is 0 Å². The summed E-state index contributed by atoms with van der Waals surface area (Å²) >= 11 is 5.96. The Kier molecular flexibility index (Phi) is 5.15. The minimum atomic E-state index is -0.141. The lowest BCUT2D eigenvalue weighted by molar-refractivity contribution is 0.0851. The highest BCUT2D eigenvalue weighted by atomic mass is 35.5. The zero-order valence-corrected chi connectivity index (χ0v) is 16.5. The molecule has 2 atom stereocenters. The van der Waals surface area contributed by atoms with Crippen molar-refractivity contribution < 1.29 is 13.9 Å². The van der Waals surface area contributed by atoms with Gasteiger partial charge in [0.1, 0.15) is 18.1 Å². The van der Waals surface area contributed by atoms with Crippen molar-refractivity contribution in [3.63, 3.8) is 0 Å². The third-order valence-corrected chi connectivity index (χ3v) is 6.06. The first-order valence-electron chi connectivity index (χ1n) is 9.50. The van der Waals surface area contributed by atoms with Crippen LogP contribution in [0.25, 0.3) is 0 Å². The Hall–Kier alpha value is -1.98. The molecule has 0 saturated carbocycles. The maximum atomic E-state index is 12.5. The lowest BCUT2D eigenvalue weighted by Gasteiger charge is -2.36. The van der Waals surface area contributed by atoms with E-state index in [2.05, 4.69) is 17.3 Å². The Morgan fingerprint density at radius 1 is 1.26 bits per heavy atom. The Bertz CT molecular complexity index is 821. The number of carbonyl (C=O) groups excluding carboxylic acids is 1. The zero-order chi connectivity index (χ0) is 19.0. The summed E-state index contributed by atoms with van der Waals surface area (Å²) in [7, 11) is 2.20. The van der Waals surface area contributed by atoms with Crippen LogP contribution in [0, 0.1) is 6.92 Å². The normalized spacial score (nSPS) is 24.8. The molecule has 1 amide bonds. The average Bonchev–Trinajstić information content (AvgIpc) is 3.16. The molecule has 2 aliphatic rings. The van der Waals surface area contributed by atoms with Gasteiger partial charge in [-0.3, -0.25) is 4.79 Å². The van der Waals surface area contributed by atoms with Gasteiger partial charge in [0.15, 0.2) is 5.76 Å². The number of hydrogen-bond acceptors (Lipinski definition) is 4.